The largest absolute Gasteiger partial charge is 0.486 e. The summed E-state index contributed by atoms with van der Waals surface area (Å²) in [5.41, 5.74) is -0.165. The van der Waals surface area contributed by atoms with Crippen molar-refractivity contribution in [3.05, 3.63) is 65.0 Å². The highest BCUT2D eigenvalue weighted by Crippen LogP contribution is 2.21. The number of hydrogen-bond donors (Lipinski definition) is 1. The predicted molar refractivity (Wildman–Crippen MR) is 64.0 cm³/mol. The molecule has 0 aliphatic carbocycles. The van der Waals surface area contributed by atoms with E-state index in [0.717, 1.165) is 12.1 Å². The second-order valence-electron chi connectivity index (χ2n) is 3.95. The number of aromatic carboxylic acids is 1. The quantitative estimate of drug-likeness (QED) is 0.935. The minimum atomic E-state index is -1.26. The van der Waals surface area contributed by atoms with E-state index in [1.165, 1.54) is 24.3 Å². The van der Waals surface area contributed by atoms with E-state index in [2.05, 4.69) is 0 Å². The Bertz CT molecular complexity index is 656. The predicted octanol–water partition coefficient (Wildman–Crippen LogP) is 3.38. The van der Waals surface area contributed by atoms with Crippen molar-refractivity contribution in [2.45, 2.75) is 6.61 Å². The standard InChI is InChI=1S/C14H9F3O3/c15-10-2-1-3-12(13(10)17)20-7-9-5-4-8(14(18)19)6-11(9)16/h1-6H,7H2,(H,18,19). The van der Waals surface area contributed by atoms with E-state index in [-0.39, 0.29) is 23.5 Å². The Morgan fingerprint density at radius 3 is 2.50 bits per heavy atom. The van der Waals surface area contributed by atoms with Crippen molar-refractivity contribution in [1.29, 1.82) is 0 Å². The highest BCUT2D eigenvalue weighted by molar-refractivity contribution is 5.87. The van der Waals surface area contributed by atoms with Crippen molar-refractivity contribution in [3.63, 3.8) is 0 Å². The topological polar surface area (TPSA) is 46.5 Å². The zero-order chi connectivity index (χ0) is 14.7. The average Bonchev–Trinajstić information content (AvgIpc) is 2.41. The fourth-order valence-electron chi connectivity index (χ4n) is 1.55. The van der Waals surface area contributed by atoms with Crippen LogP contribution in [0.3, 0.4) is 0 Å². The van der Waals surface area contributed by atoms with Gasteiger partial charge in [-0.2, -0.15) is 4.39 Å². The first kappa shape index (κ1) is 13.9. The molecule has 20 heavy (non-hydrogen) atoms. The van der Waals surface area contributed by atoms with Gasteiger partial charge in [0, 0.05) is 5.56 Å². The molecule has 0 fully saturated rings. The maximum Gasteiger partial charge on any atom is 0.335 e. The van der Waals surface area contributed by atoms with Gasteiger partial charge in [0.1, 0.15) is 12.4 Å². The number of hydrogen-bond acceptors (Lipinski definition) is 2. The van der Waals surface area contributed by atoms with Crippen molar-refractivity contribution in [2.75, 3.05) is 0 Å². The average molecular weight is 282 g/mol. The van der Waals surface area contributed by atoms with Crippen LogP contribution in [0.2, 0.25) is 0 Å². The molecule has 0 aliphatic rings. The van der Waals surface area contributed by atoms with Gasteiger partial charge in [0.05, 0.1) is 5.56 Å². The van der Waals surface area contributed by atoms with Gasteiger partial charge in [-0.15, -0.1) is 0 Å². The highest BCUT2D eigenvalue weighted by Gasteiger charge is 2.12. The molecule has 2 aromatic rings. The first-order chi connectivity index (χ1) is 9.49. The molecule has 0 saturated heterocycles. The summed E-state index contributed by atoms with van der Waals surface area (Å²) in [6.45, 7) is -0.341. The monoisotopic (exact) mass is 282 g/mol. The summed E-state index contributed by atoms with van der Waals surface area (Å²) in [5.74, 6) is -4.61. The Labute approximate surface area is 112 Å². The molecule has 2 aromatic carbocycles. The summed E-state index contributed by atoms with van der Waals surface area (Å²) >= 11 is 0. The zero-order valence-corrected chi connectivity index (χ0v) is 10.1. The summed E-state index contributed by atoms with van der Waals surface area (Å²) in [6.07, 6.45) is 0. The van der Waals surface area contributed by atoms with E-state index in [1.54, 1.807) is 0 Å². The van der Waals surface area contributed by atoms with Crippen LogP contribution in [0.1, 0.15) is 15.9 Å². The van der Waals surface area contributed by atoms with E-state index < -0.39 is 23.4 Å². The Kier molecular flexibility index (Phi) is 3.93. The van der Waals surface area contributed by atoms with Crippen LogP contribution in [-0.4, -0.2) is 11.1 Å². The van der Waals surface area contributed by atoms with Gasteiger partial charge in [-0.3, -0.25) is 0 Å². The molecule has 0 radical (unpaired) electrons. The molecule has 0 unspecified atom stereocenters. The third-order valence-corrected chi connectivity index (χ3v) is 2.60. The lowest BCUT2D eigenvalue weighted by molar-refractivity contribution is 0.0696. The molecular formula is C14H9F3O3. The first-order valence-electron chi connectivity index (χ1n) is 5.57. The number of halogens is 3. The van der Waals surface area contributed by atoms with Crippen LogP contribution >= 0.6 is 0 Å². The minimum Gasteiger partial charge on any atom is -0.486 e. The minimum absolute atomic E-state index is 0.0404. The number of ether oxygens (including phenoxy) is 1. The number of carbonyl (C=O) groups is 1. The molecule has 1 N–H and O–H groups in total. The van der Waals surface area contributed by atoms with Gasteiger partial charge in [-0.1, -0.05) is 12.1 Å². The molecule has 0 atom stereocenters. The van der Waals surface area contributed by atoms with Gasteiger partial charge in [0.15, 0.2) is 11.6 Å². The maximum atomic E-state index is 13.6. The van der Waals surface area contributed by atoms with Gasteiger partial charge < -0.3 is 9.84 Å². The van der Waals surface area contributed by atoms with E-state index >= 15 is 0 Å². The highest BCUT2D eigenvalue weighted by atomic mass is 19.2. The summed E-state index contributed by atoms with van der Waals surface area (Å²) in [4.78, 5) is 10.6. The molecule has 0 bridgehead atoms. The fourth-order valence-corrected chi connectivity index (χ4v) is 1.55. The van der Waals surface area contributed by atoms with Crippen LogP contribution in [0.5, 0.6) is 5.75 Å². The third-order valence-electron chi connectivity index (χ3n) is 2.60. The van der Waals surface area contributed by atoms with E-state index in [9.17, 15) is 18.0 Å². The van der Waals surface area contributed by atoms with E-state index in [4.69, 9.17) is 9.84 Å². The molecule has 6 heteroatoms. The van der Waals surface area contributed by atoms with Crippen molar-refractivity contribution in [1.82, 2.24) is 0 Å². The molecule has 104 valence electrons. The smallest absolute Gasteiger partial charge is 0.335 e. The van der Waals surface area contributed by atoms with Gasteiger partial charge >= 0.3 is 5.97 Å². The SMILES string of the molecule is O=C(O)c1ccc(COc2cccc(F)c2F)c(F)c1. The van der Waals surface area contributed by atoms with Gasteiger partial charge in [0.25, 0.3) is 0 Å². The van der Waals surface area contributed by atoms with Crippen LogP contribution < -0.4 is 4.74 Å². The van der Waals surface area contributed by atoms with E-state index in [0.29, 0.717) is 0 Å². The van der Waals surface area contributed by atoms with Gasteiger partial charge in [-0.25, -0.2) is 13.6 Å². The van der Waals surface area contributed by atoms with Crippen LogP contribution in [0, 0.1) is 17.5 Å². The molecule has 3 nitrogen and oxygen atoms in total. The molecule has 0 amide bonds. The summed E-state index contributed by atoms with van der Waals surface area (Å²) in [7, 11) is 0. The van der Waals surface area contributed by atoms with Crippen molar-refractivity contribution in [3.8, 4) is 5.75 Å². The number of carboxylic acid groups (broad SMARTS) is 1. The number of rotatable bonds is 4. The van der Waals surface area contributed by atoms with Crippen LogP contribution in [0.15, 0.2) is 36.4 Å². The van der Waals surface area contributed by atoms with Crippen LogP contribution in [0.4, 0.5) is 13.2 Å². The molecule has 0 spiro atoms. The Morgan fingerprint density at radius 2 is 1.85 bits per heavy atom. The van der Waals surface area contributed by atoms with Crippen LogP contribution in [-0.2, 0) is 6.61 Å². The second-order valence-corrected chi connectivity index (χ2v) is 3.95. The normalized spacial score (nSPS) is 10.3. The third kappa shape index (κ3) is 2.90. The first-order valence-corrected chi connectivity index (χ1v) is 5.57. The lowest BCUT2D eigenvalue weighted by Gasteiger charge is -2.08. The van der Waals surface area contributed by atoms with Gasteiger partial charge in [-0.05, 0) is 24.3 Å². The molecule has 2 rings (SSSR count). The summed E-state index contributed by atoms with van der Waals surface area (Å²) < 4.78 is 44.8. The van der Waals surface area contributed by atoms with E-state index in [1.807, 2.05) is 0 Å². The molecule has 0 saturated carbocycles. The van der Waals surface area contributed by atoms with Crippen molar-refractivity contribution >= 4 is 5.97 Å². The van der Waals surface area contributed by atoms with Crippen molar-refractivity contribution < 1.29 is 27.8 Å². The van der Waals surface area contributed by atoms with Gasteiger partial charge in [0.2, 0.25) is 5.82 Å². The Hall–Kier alpha value is -2.50. The molecular weight excluding hydrogens is 273 g/mol. The summed E-state index contributed by atoms with van der Waals surface area (Å²) in [6, 6.07) is 6.66. The second kappa shape index (κ2) is 5.64. The maximum absolute atomic E-state index is 13.6. The molecule has 0 heterocycles. The number of benzene rings is 2. The lowest BCUT2D eigenvalue weighted by atomic mass is 10.1. The van der Waals surface area contributed by atoms with Crippen molar-refractivity contribution in [2.24, 2.45) is 0 Å². The van der Waals surface area contributed by atoms with Crippen LogP contribution in [0.25, 0.3) is 0 Å². The Balaban J connectivity index is 2.15. The fraction of sp³-hybridized carbons (Fsp3) is 0.0714. The molecule has 0 aromatic heterocycles. The summed E-state index contributed by atoms with van der Waals surface area (Å²) in [5, 5.41) is 8.69. The lowest BCUT2D eigenvalue weighted by Crippen LogP contribution is -2.03. The zero-order valence-electron chi connectivity index (χ0n) is 10.1. The molecule has 0 aliphatic heterocycles. The number of carboxylic acids is 1. The Morgan fingerprint density at radius 1 is 1.10 bits per heavy atom.